The Morgan fingerprint density at radius 1 is 1.20 bits per heavy atom. The number of carbonyl (C=O) groups is 1. The molecular formula is C22H25N3O3S2. The van der Waals surface area contributed by atoms with Gasteiger partial charge < -0.3 is 9.47 Å². The van der Waals surface area contributed by atoms with Gasteiger partial charge in [0.05, 0.1) is 23.4 Å². The van der Waals surface area contributed by atoms with Gasteiger partial charge in [0.1, 0.15) is 5.75 Å². The van der Waals surface area contributed by atoms with Crippen LogP contribution in [0.25, 0.3) is 10.2 Å². The normalized spacial score (nSPS) is 14.7. The second-order valence-electron chi connectivity index (χ2n) is 6.90. The molecule has 4 rings (SSSR count). The van der Waals surface area contributed by atoms with Gasteiger partial charge in [-0.3, -0.25) is 14.6 Å². The van der Waals surface area contributed by atoms with Crippen molar-refractivity contribution in [3.8, 4) is 5.75 Å². The molecule has 0 aliphatic carbocycles. The Bertz CT molecular complexity index is 974. The average Bonchev–Trinajstić information content (AvgIpc) is 3.23. The van der Waals surface area contributed by atoms with Gasteiger partial charge in [0.15, 0.2) is 11.7 Å². The first-order chi connectivity index (χ1) is 14.7. The molecule has 158 valence electrons. The fourth-order valence-corrected chi connectivity index (χ4v) is 4.99. The van der Waals surface area contributed by atoms with Crippen molar-refractivity contribution in [3.63, 3.8) is 0 Å². The smallest absolute Gasteiger partial charge is 0.266 e. The quantitative estimate of drug-likeness (QED) is 0.494. The molecule has 0 atom stereocenters. The van der Waals surface area contributed by atoms with Crippen molar-refractivity contribution in [3.05, 3.63) is 48.5 Å². The highest BCUT2D eigenvalue weighted by molar-refractivity contribution is 7.98. The van der Waals surface area contributed by atoms with Crippen LogP contribution in [0, 0.1) is 0 Å². The molecule has 2 aromatic carbocycles. The molecule has 1 aliphatic rings. The van der Waals surface area contributed by atoms with Crippen molar-refractivity contribution in [2.24, 2.45) is 0 Å². The van der Waals surface area contributed by atoms with E-state index in [0.29, 0.717) is 12.3 Å². The third kappa shape index (κ3) is 5.13. The number of thioether (sulfide) groups is 1. The number of amides is 1. The molecule has 8 heteroatoms. The topological polar surface area (TPSA) is 54.9 Å². The van der Waals surface area contributed by atoms with Crippen LogP contribution in [0.5, 0.6) is 5.75 Å². The molecule has 0 bridgehead atoms. The molecule has 0 N–H and O–H groups in total. The van der Waals surface area contributed by atoms with Crippen LogP contribution in [0.4, 0.5) is 5.13 Å². The fraction of sp³-hybridized carbons (Fsp3) is 0.364. The molecular weight excluding hydrogens is 418 g/mol. The molecule has 6 nitrogen and oxygen atoms in total. The first-order valence-corrected chi connectivity index (χ1v) is 12.0. The van der Waals surface area contributed by atoms with Crippen LogP contribution in [-0.4, -0.2) is 68.0 Å². The highest BCUT2D eigenvalue weighted by atomic mass is 32.2. The molecule has 3 aromatic rings. The summed E-state index contributed by atoms with van der Waals surface area (Å²) in [6.07, 6.45) is 2.04. The minimum Gasteiger partial charge on any atom is -0.484 e. The van der Waals surface area contributed by atoms with Crippen molar-refractivity contribution in [1.29, 1.82) is 0 Å². The fourth-order valence-electron chi connectivity index (χ4n) is 3.32. The Kier molecular flexibility index (Phi) is 7.22. The van der Waals surface area contributed by atoms with Gasteiger partial charge in [-0.2, -0.15) is 0 Å². The van der Waals surface area contributed by atoms with E-state index >= 15 is 0 Å². The van der Waals surface area contributed by atoms with E-state index in [0.717, 1.165) is 53.1 Å². The summed E-state index contributed by atoms with van der Waals surface area (Å²) in [7, 11) is 0. The molecule has 1 amide bonds. The Balaban J connectivity index is 1.53. The van der Waals surface area contributed by atoms with E-state index in [-0.39, 0.29) is 12.5 Å². The second kappa shape index (κ2) is 10.3. The summed E-state index contributed by atoms with van der Waals surface area (Å²) >= 11 is 3.22. The van der Waals surface area contributed by atoms with Gasteiger partial charge in [-0.05, 0) is 30.5 Å². The third-order valence-electron chi connectivity index (χ3n) is 4.97. The maximum absolute atomic E-state index is 13.1. The Hall–Kier alpha value is -2.13. The van der Waals surface area contributed by atoms with Crippen molar-refractivity contribution >= 4 is 44.4 Å². The predicted octanol–water partition coefficient (Wildman–Crippen LogP) is 3.76. The van der Waals surface area contributed by atoms with Crippen LogP contribution >= 0.6 is 23.1 Å². The summed E-state index contributed by atoms with van der Waals surface area (Å²) in [4.78, 5) is 23.2. The Morgan fingerprint density at radius 3 is 2.77 bits per heavy atom. The van der Waals surface area contributed by atoms with E-state index in [1.807, 2.05) is 42.7 Å². The van der Waals surface area contributed by atoms with Crippen LogP contribution in [0.2, 0.25) is 0 Å². The van der Waals surface area contributed by atoms with E-state index < -0.39 is 0 Å². The minimum atomic E-state index is -0.0862. The number of para-hydroxylation sites is 2. The molecule has 0 spiro atoms. The number of benzene rings is 2. The average molecular weight is 444 g/mol. The highest BCUT2D eigenvalue weighted by Crippen LogP contribution is 2.34. The highest BCUT2D eigenvalue weighted by Gasteiger charge is 2.22. The Labute approximate surface area is 184 Å². The van der Waals surface area contributed by atoms with Crippen molar-refractivity contribution < 1.29 is 14.3 Å². The summed E-state index contributed by atoms with van der Waals surface area (Å²) in [6, 6.07) is 15.6. The molecule has 0 saturated carbocycles. The molecule has 1 aromatic heterocycles. The van der Waals surface area contributed by atoms with Gasteiger partial charge in [-0.1, -0.05) is 35.6 Å². The summed E-state index contributed by atoms with van der Waals surface area (Å²) in [6.45, 7) is 4.60. The van der Waals surface area contributed by atoms with Crippen LogP contribution < -0.4 is 9.64 Å². The van der Waals surface area contributed by atoms with Crippen molar-refractivity contribution in [2.75, 3.05) is 57.2 Å². The van der Waals surface area contributed by atoms with Crippen LogP contribution in [0.15, 0.2) is 53.4 Å². The van der Waals surface area contributed by atoms with E-state index in [9.17, 15) is 4.79 Å². The minimum absolute atomic E-state index is 0.0154. The van der Waals surface area contributed by atoms with E-state index in [1.165, 1.54) is 0 Å². The molecule has 1 fully saturated rings. The molecule has 1 saturated heterocycles. The zero-order valence-corrected chi connectivity index (χ0v) is 18.6. The number of fused-ring (bicyclic) bond motifs is 1. The lowest BCUT2D eigenvalue weighted by atomic mass is 10.3. The van der Waals surface area contributed by atoms with Crippen molar-refractivity contribution in [1.82, 2.24) is 9.88 Å². The lowest BCUT2D eigenvalue weighted by molar-refractivity contribution is -0.120. The van der Waals surface area contributed by atoms with E-state index in [4.69, 9.17) is 14.5 Å². The Morgan fingerprint density at radius 2 is 2.00 bits per heavy atom. The number of hydrogen-bond donors (Lipinski definition) is 0. The third-order valence-corrected chi connectivity index (χ3v) is 6.78. The van der Waals surface area contributed by atoms with Gasteiger partial charge >= 0.3 is 0 Å². The number of carbonyl (C=O) groups excluding carboxylic acids is 1. The van der Waals surface area contributed by atoms with Crippen LogP contribution in [0.1, 0.15) is 0 Å². The van der Waals surface area contributed by atoms with Gasteiger partial charge in [-0.25, -0.2) is 4.98 Å². The summed E-state index contributed by atoms with van der Waals surface area (Å²) in [5, 5.41) is 0.724. The van der Waals surface area contributed by atoms with Crippen LogP contribution in [0.3, 0.4) is 0 Å². The number of rotatable bonds is 8. The molecule has 30 heavy (non-hydrogen) atoms. The second-order valence-corrected chi connectivity index (χ2v) is 8.76. The zero-order chi connectivity index (χ0) is 20.8. The first-order valence-electron chi connectivity index (χ1n) is 9.96. The van der Waals surface area contributed by atoms with Gasteiger partial charge in [0.25, 0.3) is 5.91 Å². The number of anilines is 1. The monoisotopic (exact) mass is 443 g/mol. The van der Waals surface area contributed by atoms with Gasteiger partial charge in [-0.15, -0.1) is 11.8 Å². The predicted molar refractivity (Wildman–Crippen MR) is 123 cm³/mol. The lowest BCUT2D eigenvalue weighted by Crippen LogP contribution is -2.44. The molecule has 1 aliphatic heterocycles. The summed E-state index contributed by atoms with van der Waals surface area (Å²) < 4.78 is 12.3. The number of thiazole rings is 1. The molecule has 2 heterocycles. The standard InChI is InChI=1S/C22H25N3O3S2/c1-29-18-8-5-9-19-21(18)23-22(30-19)25(11-10-24-12-14-27-15-13-24)20(26)16-28-17-6-3-2-4-7-17/h2-9H,10-16H2,1H3. The van der Waals surface area contributed by atoms with Gasteiger partial charge in [0.2, 0.25) is 0 Å². The lowest BCUT2D eigenvalue weighted by Gasteiger charge is -2.29. The van der Waals surface area contributed by atoms with E-state index in [2.05, 4.69) is 17.0 Å². The summed E-state index contributed by atoms with van der Waals surface area (Å²) in [5.74, 6) is 0.602. The SMILES string of the molecule is CSc1cccc2sc(N(CCN3CCOCC3)C(=O)COc3ccccc3)nc12. The zero-order valence-electron chi connectivity index (χ0n) is 17.0. The number of nitrogens with zero attached hydrogens (tertiary/aromatic N) is 3. The first kappa shape index (κ1) is 21.1. The van der Waals surface area contributed by atoms with E-state index in [1.54, 1.807) is 28.0 Å². The largest absolute Gasteiger partial charge is 0.484 e. The number of aromatic nitrogens is 1. The van der Waals surface area contributed by atoms with Crippen molar-refractivity contribution in [2.45, 2.75) is 4.90 Å². The number of hydrogen-bond acceptors (Lipinski definition) is 7. The molecule has 0 unspecified atom stereocenters. The maximum atomic E-state index is 13.1. The maximum Gasteiger partial charge on any atom is 0.266 e. The summed E-state index contributed by atoms with van der Waals surface area (Å²) in [5.41, 5.74) is 0.957. The number of ether oxygens (including phenoxy) is 2. The number of morpholine rings is 1. The van der Waals surface area contributed by atoms with Crippen LogP contribution in [-0.2, 0) is 9.53 Å². The molecule has 0 radical (unpaired) electrons. The van der Waals surface area contributed by atoms with Gasteiger partial charge in [0, 0.05) is 31.1 Å².